The summed E-state index contributed by atoms with van der Waals surface area (Å²) in [7, 11) is 1.75. The number of nitrogens with one attached hydrogen (secondary N) is 3. The first-order valence-electron chi connectivity index (χ1n) is 14.7. The number of allylic oxidation sites excluding steroid dienone is 1. The van der Waals surface area contributed by atoms with E-state index in [1.165, 1.54) is 13.0 Å². The number of carbonyl (C=O) groups is 4. The molecule has 0 aliphatic carbocycles. The Hall–Kier alpha value is -4.50. The van der Waals surface area contributed by atoms with E-state index in [9.17, 15) is 24.3 Å². The Bertz CT molecular complexity index is 1290. The van der Waals surface area contributed by atoms with Crippen LogP contribution in [0.5, 0.6) is 0 Å². The minimum absolute atomic E-state index is 0.00760. The lowest BCUT2D eigenvalue weighted by Gasteiger charge is -2.20. The Morgan fingerprint density at radius 3 is 2.30 bits per heavy atom. The van der Waals surface area contributed by atoms with E-state index in [-0.39, 0.29) is 23.7 Å². The molecule has 44 heavy (non-hydrogen) atoms. The monoisotopic (exact) mass is 610 g/mol. The lowest BCUT2D eigenvalue weighted by Crippen LogP contribution is -2.53. The molecule has 0 saturated heterocycles. The predicted octanol–water partition coefficient (Wildman–Crippen LogP) is 2.94. The summed E-state index contributed by atoms with van der Waals surface area (Å²) in [5.74, 6) is -0.991. The molecule has 0 fully saturated rings. The van der Waals surface area contributed by atoms with Gasteiger partial charge in [0.15, 0.2) is 5.69 Å². The predicted molar refractivity (Wildman–Crippen MR) is 166 cm³/mol. The van der Waals surface area contributed by atoms with E-state index in [1.54, 1.807) is 24.9 Å². The van der Waals surface area contributed by atoms with Gasteiger partial charge in [-0.25, -0.2) is 0 Å². The summed E-state index contributed by atoms with van der Waals surface area (Å²) in [6.45, 7) is 11.9. The van der Waals surface area contributed by atoms with Gasteiger partial charge in [-0.3, -0.25) is 19.2 Å². The molecule has 4 N–H and O–H groups in total. The van der Waals surface area contributed by atoms with Crippen molar-refractivity contribution in [2.24, 2.45) is 5.92 Å². The molecule has 2 atom stereocenters. The van der Waals surface area contributed by atoms with Crippen LogP contribution in [-0.4, -0.2) is 71.1 Å². The van der Waals surface area contributed by atoms with Crippen LogP contribution in [0.4, 0.5) is 0 Å². The number of aryl methyl sites for hydroxylation is 2. The number of aliphatic hydroxyl groups excluding tert-OH is 1. The first kappa shape index (κ1) is 37.5. The van der Waals surface area contributed by atoms with E-state index in [0.717, 1.165) is 36.9 Å². The zero-order valence-electron chi connectivity index (χ0n) is 26.8. The molecule has 0 aliphatic rings. The highest BCUT2D eigenvalue weighted by Crippen LogP contribution is 2.08. The number of nitrogens with zero attached hydrogens (tertiary/aromatic N) is 3. The maximum atomic E-state index is 12.3. The Morgan fingerprint density at radius 2 is 1.77 bits per heavy atom. The van der Waals surface area contributed by atoms with Gasteiger partial charge in [-0.15, -0.1) is 0 Å². The van der Waals surface area contributed by atoms with Crippen molar-refractivity contribution in [2.45, 2.75) is 79.5 Å². The smallest absolute Gasteiger partial charge is 0.274 e. The molecule has 4 amide bonds. The third kappa shape index (κ3) is 14.1. The summed E-state index contributed by atoms with van der Waals surface area (Å²) < 4.78 is 4.81. The van der Waals surface area contributed by atoms with E-state index in [1.807, 2.05) is 37.3 Å². The number of unbranched alkanes of at least 4 members (excludes halogenated alkanes) is 1. The Labute approximate surface area is 259 Å². The number of aromatic nitrogens is 1. The van der Waals surface area contributed by atoms with Crippen molar-refractivity contribution in [1.82, 2.24) is 26.0 Å². The number of aliphatic hydroxyl groups is 1. The molecule has 1 heterocycles. The SMILES string of the molecule is CCCCN(C)C(=O)/C(C#N)=C/CC(C)C.Cc1ccc(CNC(=O)CNC(=O)C(NC(=O)c2cc(C)on2)C(C)O)cc1. The van der Waals surface area contributed by atoms with Gasteiger partial charge >= 0.3 is 0 Å². The summed E-state index contributed by atoms with van der Waals surface area (Å²) in [5.41, 5.74) is 2.32. The third-order valence-corrected chi connectivity index (χ3v) is 6.28. The van der Waals surface area contributed by atoms with Crippen molar-refractivity contribution < 1.29 is 28.8 Å². The number of nitriles is 1. The van der Waals surface area contributed by atoms with Crippen LogP contribution in [-0.2, 0) is 20.9 Å². The lowest BCUT2D eigenvalue weighted by atomic mass is 10.1. The highest BCUT2D eigenvalue weighted by molar-refractivity contribution is 5.97. The molecule has 2 rings (SSSR count). The fourth-order valence-corrected chi connectivity index (χ4v) is 3.58. The maximum Gasteiger partial charge on any atom is 0.274 e. The fourth-order valence-electron chi connectivity index (χ4n) is 3.58. The topological polar surface area (TPSA) is 178 Å². The molecule has 12 nitrogen and oxygen atoms in total. The van der Waals surface area contributed by atoms with Gasteiger partial charge in [0.2, 0.25) is 11.8 Å². The molecule has 0 bridgehead atoms. The van der Waals surface area contributed by atoms with Gasteiger partial charge in [-0.05, 0) is 45.1 Å². The van der Waals surface area contributed by atoms with Crippen molar-refractivity contribution in [3.8, 4) is 6.07 Å². The zero-order valence-corrected chi connectivity index (χ0v) is 26.8. The summed E-state index contributed by atoms with van der Waals surface area (Å²) >= 11 is 0. The van der Waals surface area contributed by atoms with E-state index in [2.05, 4.69) is 41.9 Å². The first-order valence-corrected chi connectivity index (χ1v) is 14.7. The first-order chi connectivity index (χ1) is 20.8. The minimum atomic E-state index is -1.24. The highest BCUT2D eigenvalue weighted by atomic mass is 16.5. The Kier molecular flexibility index (Phi) is 16.8. The molecule has 2 unspecified atom stereocenters. The van der Waals surface area contributed by atoms with Crippen LogP contribution >= 0.6 is 0 Å². The highest BCUT2D eigenvalue weighted by Gasteiger charge is 2.27. The van der Waals surface area contributed by atoms with Crippen molar-refractivity contribution in [1.29, 1.82) is 5.26 Å². The molecule has 12 heteroatoms. The van der Waals surface area contributed by atoms with Crippen LogP contribution in [0, 0.1) is 31.1 Å². The van der Waals surface area contributed by atoms with E-state index >= 15 is 0 Å². The van der Waals surface area contributed by atoms with E-state index in [4.69, 9.17) is 9.78 Å². The summed E-state index contributed by atoms with van der Waals surface area (Å²) in [6.07, 6.45) is 3.37. The molecule has 0 spiro atoms. The van der Waals surface area contributed by atoms with Crippen LogP contribution in [0.15, 0.2) is 46.5 Å². The summed E-state index contributed by atoms with van der Waals surface area (Å²) in [6, 6.07) is 9.83. The average Bonchev–Trinajstić information content (AvgIpc) is 3.43. The van der Waals surface area contributed by atoms with Crippen molar-refractivity contribution >= 4 is 23.6 Å². The second kappa shape index (κ2) is 19.6. The maximum absolute atomic E-state index is 12.3. The van der Waals surface area contributed by atoms with Crippen LogP contribution in [0.1, 0.15) is 74.3 Å². The third-order valence-electron chi connectivity index (χ3n) is 6.28. The molecular weight excluding hydrogens is 564 g/mol. The standard InChI is InChI=1S/C19H24N4O5.C13H22N2O/c1-11-4-6-14(7-5-11)9-20-16(25)10-21-19(27)17(13(3)24)22-18(26)15-8-12(2)28-23-15;1-5-6-9-15(4)13(16)12(10-14)8-7-11(2)3/h4-8,13,17,24H,9-10H2,1-3H3,(H,20,25)(H,21,27)(H,22,26);8,11H,5-7,9H2,1-4H3/b;12-8+. The number of likely N-dealkylation sites (N-methyl/N-ethyl adjacent to an activating group) is 1. The van der Waals surface area contributed by atoms with Gasteiger partial charge in [-0.2, -0.15) is 5.26 Å². The normalized spacial score (nSPS) is 12.2. The van der Waals surface area contributed by atoms with Crippen LogP contribution in [0.2, 0.25) is 0 Å². The van der Waals surface area contributed by atoms with Gasteiger partial charge < -0.3 is 30.5 Å². The Morgan fingerprint density at radius 1 is 1.11 bits per heavy atom. The number of hydrogen-bond acceptors (Lipinski definition) is 8. The van der Waals surface area contributed by atoms with Gasteiger partial charge in [0.05, 0.1) is 12.6 Å². The lowest BCUT2D eigenvalue weighted by molar-refractivity contribution is -0.128. The zero-order chi connectivity index (χ0) is 33.2. The largest absolute Gasteiger partial charge is 0.391 e. The average molecular weight is 611 g/mol. The quantitative estimate of drug-likeness (QED) is 0.186. The van der Waals surface area contributed by atoms with Gasteiger partial charge in [0.25, 0.3) is 11.8 Å². The fraction of sp³-hybridized carbons (Fsp3) is 0.500. The molecule has 0 radical (unpaired) electrons. The second-order valence-corrected chi connectivity index (χ2v) is 10.9. The van der Waals surface area contributed by atoms with Gasteiger partial charge in [-0.1, -0.05) is 68.3 Å². The molecule has 2 aromatic rings. The van der Waals surface area contributed by atoms with Crippen LogP contribution in [0.25, 0.3) is 0 Å². The molecule has 1 aromatic heterocycles. The Balaban J connectivity index is 0.000000517. The number of amides is 4. The van der Waals surface area contributed by atoms with Gasteiger partial charge in [0, 0.05) is 26.2 Å². The van der Waals surface area contributed by atoms with E-state index in [0.29, 0.717) is 18.2 Å². The number of rotatable bonds is 14. The van der Waals surface area contributed by atoms with Crippen LogP contribution < -0.4 is 16.0 Å². The molecular formula is C32H46N6O6. The van der Waals surface area contributed by atoms with Crippen LogP contribution in [0.3, 0.4) is 0 Å². The number of benzene rings is 1. The molecule has 0 saturated carbocycles. The molecule has 1 aromatic carbocycles. The van der Waals surface area contributed by atoms with Crippen molar-refractivity contribution in [3.05, 3.63) is 64.6 Å². The van der Waals surface area contributed by atoms with E-state index < -0.39 is 29.9 Å². The molecule has 0 aliphatic heterocycles. The summed E-state index contributed by atoms with van der Waals surface area (Å²) in [5, 5.41) is 29.7. The summed E-state index contributed by atoms with van der Waals surface area (Å²) in [4.78, 5) is 49.7. The number of hydrogen-bond donors (Lipinski definition) is 4. The molecule has 240 valence electrons. The van der Waals surface area contributed by atoms with Gasteiger partial charge in [0.1, 0.15) is 23.4 Å². The number of carbonyl (C=O) groups excluding carboxylic acids is 4. The van der Waals surface area contributed by atoms with Crippen molar-refractivity contribution in [2.75, 3.05) is 20.1 Å². The van der Waals surface area contributed by atoms with Crippen molar-refractivity contribution in [3.63, 3.8) is 0 Å². The second-order valence-electron chi connectivity index (χ2n) is 10.9. The minimum Gasteiger partial charge on any atom is -0.391 e.